The third kappa shape index (κ3) is 50.6. The summed E-state index contributed by atoms with van der Waals surface area (Å²) < 4.78 is 0. The SMILES string of the molecule is CC(=O)CC(C)=O.CC(=O)CC(C)=O.CC(=O)CC(C)=O.[Nd+3]. The van der Waals surface area contributed by atoms with E-state index in [0.717, 1.165) is 0 Å². The van der Waals surface area contributed by atoms with Crippen molar-refractivity contribution in [2.75, 3.05) is 0 Å². The molecule has 0 aliphatic carbocycles. The van der Waals surface area contributed by atoms with Gasteiger partial charge in [0.15, 0.2) is 0 Å². The van der Waals surface area contributed by atoms with Crippen molar-refractivity contribution in [1.29, 1.82) is 0 Å². The predicted octanol–water partition coefficient (Wildman–Crippen LogP) is 1.66. The van der Waals surface area contributed by atoms with Gasteiger partial charge in [0.25, 0.3) is 0 Å². The molecule has 0 amide bonds. The molecule has 6 nitrogen and oxygen atoms in total. The molecule has 0 N–H and O–H groups in total. The molecule has 0 aromatic rings. The molecule has 0 aromatic heterocycles. The van der Waals surface area contributed by atoms with Gasteiger partial charge in [-0.15, -0.1) is 0 Å². The average molecular weight is 445 g/mol. The predicted molar refractivity (Wildman–Crippen MR) is 77.9 cm³/mol. The number of hydrogen-bond donors (Lipinski definition) is 0. The smallest absolute Gasteiger partial charge is 0.300 e. The molecule has 121 valence electrons. The molecule has 1 radical (unpaired) electrons. The van der Waals surface area contributed by atoms with Crippen LogP contribution in [0.15, 0.2) is 0 Å². The van der Waals surface area contributed by atoms with Gasteiger partial charge in [0.1, 0.15) is 34.7 Å². The van der Waals surface area contributed by atoms with Crippen LogP contribution in [-0.4, -0.2) is 34.7 Å². The summed E-state index contributed by atoms with van der Waals surface area (Å²) in [6, 6.07) is 0. The first-order valence-electron chi connectivity index (χ1n) is 6.35. The van der Waals surface area contributed by atoms with Crippen molar-refractivity contribution < 1.29 is 69.6 Å². The minimum absolute atomic E-state index is 0. The van der Waals surface area contributed by atoms with Crippen LogP contribution in [0.2, 0.25) is 0 Å². The molecule has 0 unspecified atom stereocenters. The van der Waals surface area contributed by atoms with Crippen molar-refractivity contribution in [3.8, 4) is 0 Å². The van der Waals surface area contributed by atoms with E-state index in [4.69, 9.17) is 0 Å². The van der Waals surface area contributed by atoms with Crippen molar-refractivity contribution in [2.24, 2.45) is 0 Å². The molecule has 0 aliphatic rings. The van der Waals surface area contributed by atoms with Crippen LogP contribution in [0.5, 0.6) is 0 Å². The average Bonchev–Trinajstić information content (AvgIpc) is 2.10. The monoisotopic (exact) mass is 442 g/mol. The van der Waals surface area contributed by atoms with Crippen molar-refractivity contribution in [2.45, 2.75) is 60.8 Å². The van der Waals surface area contributed by atoms with Crippen molar-refractivity contribution in [3.63, 3.8) is 0 Å². The maximum atomic E-state index is 10.0. The molecule has 0 spiro atoms. The van der Waals surface area contributed by atoms with Crippen LogP contribution in [0.25, 0.3) is 0 Å². The van der Waals surface area contributed by atoms with Crippen LogP contribution >= 0.6 is 0 Å². The van der Waals surface area contributed by atoms with Crippen LogP contribution in [-0.2, 0) is 28.8 Å². The first-order valence-corrected chi connectivity index (χ1v) is 6.35. The number of carbonyl (C=O) groups is 6. The van der Waals surface area contributed by atoms with E-state index < -0.39 is 0 Å². The van der Waals surface area contributed by atoms with Crippen LogP contribution in [0.1, 0.15) is 60.8 Å². The molecular weight excluding hydrogens is 420 g/mol. The molecule has 0 saturated heterocycles. The molecule has 0 aromatic carbocycles. The second-order valence-corrected chi connectivity index (χ2v) is 4.74. The quantitative estimate of drug-likeness (QED) is 0.578. The minimum atomic E-state index is -0.0625. The molecule has 22 heavy (non-hydrogen) atoms. The fourth-order valence-corrected chi connectivity index (χ4v) is 1.05. The van der Waals surface area contributed by atoms with E-state index >= 15 is 0 Å². The second kappa shape index (κ2) is 18.4. The Labute approximate surface area is 164 Å². The molecule has 0 saturated carbocycles. The molecule has 0 aliphatic heterocycles. The van der Waals surface area contributed by atoms with E-state index in [1.807, 2.05) is 0 Å². The summed E-state index contributed by atoms with van der Waals surface area (Å²) in [7, 11) is 0. The first-order chi connectivity index (χ1) is 9.38. The molecule has 0 heterocycles. The molecule has 0 rings (SSSR count). The summed E-state index contributed by atoms with van der Waals surface area (Å²) in [4.78, 5) is 60.2. The van der Waals surface area contributed by atoms with Gasteiger partial charge in [0, 0.05) is 0 Å². The van der Waals surface area contributed by atoms with Crippen LogP contribution in [0.4, 0.5) is 0 Å². The van der Waals surface area contributed by atoms with E-state index in [9.17, 15) is 28.8 Å². The third-order valence-corrected chi connectivity index (χ3v) is 1.49. The summed E-state index contributed by atoms with van der Waals surface area (Å²) in [5.74, 6) is -0.375. The van der Waals surface area contributed by atoms with Gasteiger partial charge >= 0.3 is 40.8 Å². The maximum absolute atomic E-state index is 10.0. The third-order valence-electron chi connectivity index (χ3n) is 1.49. The fourth-order valence-electron chi connectivity index (χ4n) is 1.05. The Hall–Kier alpha value is -0.629. The summed E-state index contributed by atoms with van der Waals surface area (Å²) in [5, 5.41) is 0. The standard InChI is InChI=1S/3C5H8O2.Nd/c3*1-4(6)3-5(2)7;/h3*3H2,1-2H3;/q;;;+3. The van der Waals surface area contributed by atoms with Gasteiger partial charge in [-0.1, -0.05) is 0 Å². The Kier molecular flexibility index (Phi) is 24.6. The van der Waals surface area contributed by atoms with E-state index in [1.165, 1.54) is 41.5 Å². The zero-order valence-corrected chi connectivity index (χ0v) is 17.3. The van der Waals surface area contributed by atoms with E-state index in [1.54, 1.807) is 0 Å². The van der Waals surface area contributed by atoms with Gasteiger partial charge in [-0.3, -0.25) is 28.8 Å². The Balaban J connectivity index is -0.000000108. The molecule has 0 bridgehead atoms. The van der Waals surface area contributed by atoms with Crippen molar-refractivity contribution in [1.82, 2.24) is 0 Å². The number of Topliss-reactive ketones (excluding diaryl/α,β-unsaturated/α-hetero) is 6. The Morgan fingerprint density at radius 2 is 0.500 bits per heavy atom. The van der Waals surface area contributed by atoms with Crippen LogP contribution in [0.3, 0.4) is 0 Å². The molecule has 7 heteroatoms. The normalized spacial score (nSPS) is 7.91. The van der Waals surface area contributed by atoms with E-state index in [-0.39, 0.29) is 94.8 Å². The van der Waals surface area contributed by atoms with Crippen molar-refractivity contribution >= 4 is 34.7 Å². The molecular formula is C15H24NdO6+3. The number of rotatable bonds is 6. The topological polar surface area (TPSA) is 102 Å². The second-order valence-electron chi connectivity index (χ2n) is 4.74. The van der Waals surface area contributed by atoms with Crippen LogP contribution < -0.4 is 0 Å². The van der Waals surface area contributed by atoms with Gasteiger partial charge in [-0.25, -0.2) is 0 Å². The fraction of sp³-hybridized carbons (Fsp3) is 0.600. The van der Waals surface area contributed by atoms with Gasteiger partial charge in [-0.2, -0.15) is 0 Å². The summed E-state index contributed by atoms with van der Waals surface area (Å²) >= 11 is 0. The Morgan fingerprint density at radius 3 is 0.500 bits per heavy atom. The van der Waals surface area contributed by atoms with Gasteiger partial charge in [0.05, 0.1) is 19.3 Å². The van der Waals surface area contributed by atoms with Gasteiger partial charge in [-0.05, 0) is 41.5 Å². The number of ketones is 6. The van der Waals surface area contributed by atoms with Crippen LogP contribution in [0, 0.1) is 40.8 Å². The Morgan fingerprint density at radius 1 is 0.409 bits per heavy atom. The van der Waals surface area contributed by atoms with Crippen molar-refractivity contribution in [3.05, 3.63) is 0 Å². The van der Waals surface area contributed by atoms with Gasteiger partial charge < -0.3 is 0 Å². The Bertz CT molecular complexity index is 314. The largest absolute Gasteiger partial charge is 3.00 e. The zero-order valence-electron chi connectivity index (χ0n) is 14.1. The summed E-state index contributed by atoms with van der Waals surface area (Å²) in [6.07, 6.45) is 0.250. The number of hydrogen-bond acceptors (Lipinski definition) is 6. The molecule has 0 fully saturated rings. The maximum Gasteiger partial charge on any atom is 3.00 e. The first kappa shape index (κ1) is 29.4. The van der Waals surface area contributed by atoms with E-state index in [2.05, 4.69) is 0 Å². The minimum Gasteiger partial charge on any atom is -0.300 e. The summed E-state index contributed by atoms with van der Waals surface area (Å²) in [5.41, 5.74) is 0. The van der Waals surface area contributed by atoms with Gasteiger partial charge in [0.2, 0.25) is 0 Å². The summed E-state index contributed by atoms with van der Waals surface area (Å²) in [6.45, 7) is 8.42. The zero-order chi connectivity index (χ0) is 17.6. The number of carbonyl (C=O) groups excluding carboxylic acids is 6. The van der Waals surface area contributed by atoms with E-state index in [0.29, 0.717) is 0 Å². The molecule has 0 atom stereocenters.